The van der Waals surface area contributed by atoms with Gasteiger partial charge in [-0.15, -0.1) is 0 Å². The van der Waals surface area contributed by atoms with E-state index in [0.29, 0.717) is 50.3 Å². The first-order valence-electron chi connectivity index (χ1n) is 11.6. The van der Waals surface area contributed by atoms with Gasteiger partial charge in [-0.1, -0.05) is 30.3 Å². The molecule has 3 heterocycles. The Morgan fingerprint density at radius 3 is 2.09 bits per heavy atom. The quantitative estimate of drug-likeness (QED) is 0.659. The van der Waals surface area contributed by atoms with Gasteiger partial charge >= 0.3 is 0 Å². The Morgan fingerprint density at radius 1 is 0.909 bits per heavy atom. The fourth-order valence-electron chi connectivity index (χ4n) is 5.43. The molecule has 0 spiro atoms. The number of nitrogens with zero attached hydrogens (tertiary/aromatic N) is 3. The van der Waals surface area contributed by atoms with Gasteiger partial charge in [-0.25, -0.2) is 0 Å². The van der Waals surface area contributed by atoms with Crippen LogP contribution in [0.2, 0.25) is 0 Å². The largest absolute Gasteiger partial charge is 0.497 e. The average molecular weight is 448 g/mol. The smallest absolute Gasteiger partial charge is 0.253 e. The van der Waals surface area contributed by atoms with Crippen molar-refractivity contribution in [3.8, 4) is 5.75 Å². The lowest BCUT2D eigenvalue weighted by Crippen LogP contribution is -2.50. The van der Waals surface area contributed by atoms with E-state index in [1.54, 1.807) is 31.4 Å². The number of methoxy groups -OCH3 is 1. The van der Waals surface area contributed by atoms with Crippen LogP contribution in [0.5, 0.6) is 5.75 Å². The number of hydrogen-bond acceptors (Lipinski definition) is 5. The zero-order valence-corrected chi connectivity index (χ0v) is 18.9. The Kier molecular flexibility index (Phi) is 5.89. The van der Waals surface area contributed by atoms with Crippen LogP contribution in [0.3, 0.4) is 0 Å². The van der Waals surface area contributed by atoms with Crippen LogP contribution in [-0.4, -0.2) is 71.8 Å². The number of carbonyl (C=O) groups is 3. The van der Waals surface area contributed by atoms with Crippen LogP contribution in [0.15, 0.2) is 54.6 Å². The molecule has 3 saturated heterocycles. The number of benzene rings is 2. The first kappa shape index (κ1) is 21.6. The molecule has 0 saturated carbocycles. The van der Waals surface area contributed by atoms with E-state index in [2.05, 4.69) is 17.0 Å². The van der Waals surface area contributed by atoms with Gasteiger partial charge in [-0.05, 0) is 42.7 Å². The van der Waals surface area contributed by atoms with Crippen LogP contribution in [0.4, 0.5) is 0 Å². The van der Waals surface area contributed by atoms with E-state index in [4.69, 9.17) is 4.74 Å². The van der Waals surface area contributed by atoms with Crippen LogP contribution in [0.25, 0.3) is 0 Å². The van der Waals surface area contributed by atoms with E-state index in [1.165, 1.54) is 10.5 Å². The number of ether oxygens (including phenoxy) is 1. The number of hydrogen-bond donors (Lipinski definition) is 0. The molecular weight excluding hydrogens is 418 g/mol. The highest BCUT2D eigenvalue weighted by Crippen LogP contribution is 2.37. The molecule has 0 N–H and O–H groups in total. The average Bonchev–Trinajstić information content (AvgIpc) is 3.37. The molecule has 2 aromatic carbocycles. The molecule has 3 amide bonds. The number of piperidine rings is 1. The Hall–Kier alpha value is -3.19. The second-order valence-electron chi connectivity index (χ2n) is 9.19. The predicted molar refractivity (Wildman–Crippen MR) is 122 cm³/mol. The van der Waals surface area contributed by atoms with Gasteiger partial charge < -0.3 is 9.64 Å². The van der Waals surface area contributed by atoms with Crippen LogP contribution in [-0.2, 0) is 16.1 Å². The minimum Gasteiger partial charge on any atom is -0.497 e. The molecule has 0 radical (unpaired) electrons. The van der Waals surface area contributed by atoms with Gasteiger partial charge in [0.15, 0.2) is 0 Å². The number of fused-ring (bicyclic) bond motifs is 1. The van der Waals surface area contributed by atoms with Crippen molar-refractivity contribution in [3.63, 3.8) is 0 Å². The highest BCUT2D eigenvalue weighted by Gasteiger charge is 2.54. The first-order valence-corrected chi connectivity index (χ1v) is 11.6. The van der Waals surface area contributed by atoms with Gasteiger partial charge in [0.2, 0.25) is 11.8 Å². The van der Waals surface area contributed by atoms with Gasteiger partial charge in [0, 0.05) is 44.3 Å². The highest BCUT2D eigenvalue weighted by atomic mass is 16.5. The topological polar surface area (TPSA) is 70.2 Å². The lowest BCUT2D eigenvalue weighted by molar-refractivity contribution is -0.144. The van der Waals surface area contributed by atoms with E-state index in [0.717, 1.165) is 6.54 Å². The molecule has 2 atom stereocenters. The van der Waals surface area contributed by atoms with Gasteiger partial charge in [-0.3, -0.25) is 24.2 Å². The second kappa shape index (κ2) is 8.98. The zero-order chi connectivity index (χ0) is 22.9. The summed E-state index contributed by atoms with van der Waals surface area (Å²) in [5.41, 5.74) is 1.82. The lowest BCUT2D eigenvalue weighted by Gasteiger charge is -2.36. The molecule has 0 aromatic heterocycles. The molecule has 33 heavy (non-hydrogen) atoms. The monoisotopic (exact) mass is 447 g/mol. The van der Waals surface area contributed by atoms with Crippen LogP contribution >= 0.6 is 0 Å². The normalized spacial score (nSPS) is 23.8. The second-order valence-corrected chi connectivity index (χ2v) is 9.19. The van der Waals surface area contributed by atoms with Crippen molar-refractivity contribution in [1.29, 1.82) is 0 Å². The van der Waals surface area contributed by atoms with Crippen molar-refractivity contribution >= 4 is 17.7 Å². The minimum absolute atomic E-state index is 0.0244. The molecule has 7 heteroatoms. The maximum atomic E-state index is 13.2. The molecule has 3 aliphatic heterocycles. The molecule has 0 unspecified atom stereocenters. The molecule has 3 fully saturated rings. The number of imide groups is 1. The lowest BCUT2D eigenvalue weighted by atomic mass is 10.00. The fourth-order valence-corrected chi connectivity index (χ4v) is 5.43. The summed E-state index contributed by atoms with van der Waals surface area (Å²) in [5, 5.41) is 0. The molecule has 7 nitrogen and oxygen atoms in total. The van der Waals surface area contributed by atoms with Gasteiger partial charge in [-0.2, -0.15) is 0 Å². The number of amides is 3. The minimum atomic E-state index is -0.236. The third kappa shape index (κ3) is 4.13. The van der Waals surface area contributed by atoms with Crippen molar-refractivity contribution in [2.24, 2.45) is 11.8 Å². The van der Waals surface area contributed by atoms with Crippen LogP contribution < -0.4 is 4.74 Å². The zero-order valence-electron chi connectivity index (χ0n) is 18.9. The van der Waals surface area contributed by atoms with Crippen molar-refractivity contribution in [3.05, 3.63) is 65.7 Å². The Bertz CT molecular complexity index is 1010. The Balaban J connectivity index is 1.18. The number of rotatable bonds is 5. The molecular formula is C26H29N3O4. The summed E-state index contributed by atoms with van der Waals surface area (Å²) in [5.74, 6) is 0.161. The van der Waals surface area contributed by atoms with Gasteiger partial charge in [0.25, 0.3) is 5.91 Å². The van der Waals surface area contributed by atoms with E-state index >= 15 is 0 Å². The molecule has 0 aliphatic carbocycles. The van der Waals surface area contributed by atoms with Crippen molar-refractivity contribution in [2.75, 3.05) is 33.3 Å². The number of carbonyl (C=O) groups excluding carboxylic acids is 3. The summed E-state index contributed by atoms with van der Waals surface area (Å²) in [6.07, 6.45) is 1.26. The number of likely N-dealkylation sites (tertiary alicyclic amines) is 3. The maximum Gasteiger partial charge on any atom is 0.253 e. The van der Waals surface area contributed by atoms with Gasteiger partial charge in [0.05, 0.1) is 18.9 Å². The molecule has 2 aromatic rings. The fraction of sp³-hybridized carbons (Fsp3) is 0.423. The third-order valence-corrected chi connectivity index (χ3v) is 7.21. The maximum absolute atomic E-state index is 13.2. The summed E-state index contributed by atoms with van der Waals surface area (Å²) in [4.78, 5) is 44.7. The van der Waals surface area contributed by atoms with E-state index < -0.39 is 0 Å². The predicted octanol–water partition coefficient (Wildman–Crippen LogP) is 2.42. The standard InChI is InChI=1S/C26H29N3O4/c1-33-21-9-7-19(8-10-21)24(30)28-13-11-20(12-14-28)29-25(31)22-16-27(17-23(22)26(29)32)15-18-5-3-2-4-6-18/h2-10,20,22-23H,11-17H2,1H3/t22-,23+. The van der Waals surface area contributed by atoms with Crippen molar-refractivity contribution < 1.29 is 19.1 Å². The summed E-state index contributed by atoms with van der Waals surface area (Å²) < 4.78 is 5.16. The first-order chi connectivity index (χ1) is 16.0. The van der Waals surface area contributed by atoms with E-state index in [-0.39, 0.29) is 35.6 Å². The SMILES string of the molecule is COc1ccc(C(=O)N2CCC(N3C(=O)[C@H]4CN(Cc5ccccc5)C[C@H]4C3=O)CC2)cc1. The molecule has 0 bridgehead atoms. The van der Waals surface area contributed by atoms with Crippen molar-refractivity contribution in [1.82, 2.24) is 14.7 Å². The molecule has 5 rings (SSSR count). The summed E-state index contributed by atoms with van der Waals surface area (Å²) in [7, 11) is 1.59. The Morgan fingerprint density at radius 2 is 1.52 bits per heavy atom. The Labute approximate surface area is 193 Å². The summed E-state index contributed by atoms with van der Waals surface area (Å²) >= 11 is 0. The highest BCUT2D eigenvalue weighted by molar-refractivity contribution is 6.06. The van der Waals surface area contributed by atoms with E-state index in [1.807, 2.05) is 23.1 Å². The summed E-state index contributed by atoms with van der Waals surface area (Å²) in [6, 6.07) is 17.1. The summed E-state index contributed by atoms with van der Waals surface area (Å²) in [6.45, 7) is 3.12. The van der Waals surface area contributed by atoms with E-state index in [9.17, 15) is 14.4 Å². The van der Waals surface area contributed by atoms with Crippen LogP contribution in [0, 0.1) is 11.8 Å². The van der Waals surface area contributed by atoms with Crippen molar-refractivity contribution in [2.45, 2.75) is 25.4 Å². The molecule has 3 aliphatic rings. The van der Waals surface area contributed by atoms with Crippen LogP contribution in [0.1, 0.15) is 28.8 Å². The third-order valence-electron chi connectivity index (χ3n) is 7.21. The van der Waals surface area contributed by atoms with Gasteiger partial charge in [0.1, 0.15) is 5.75 Å². The molecule has 172 valence electrons.